The van der Waals surface area contributed by atoms with Crippen molar-refractivity contribution < 1.29 is 14.3 Å². The number of amidine groups is 1. The molecular formula is C33H45N7O3. The van der Waals surface area contributed by atoms with Crippen LogP contribution in [0, 0.1) is 5.92 Å². The molecule has 3 fully saturated rings. The van der Waals surface area contributed by atoms with Crippen molar-refractivity contribution in [3.63, 3.8) is 0 Å². The fourth-order valence-electron chi connectivity index (χ4n) is 7.05. The molecule has 10 nitrogen and oxygen atoms in total. The fraction of sp³-hybridized carbons (Fsp3) is 0.545. The zero-order valence-electron chi connectivity index (χ0n) is 25.3. The maximum atomic E-state index is 13.6. The molecule has 2 amide bonds. The van der Waals surface area contributed by atoms with Crippen LogP contribution in [-0.2, 0) is 16.0 Å². The summed E-state index contributed by atoms with van der Waals surface area (Å²) in [6.45, 7) is 6.03. The standard InChI is InChI=1S/C33H45N7O3/c1-43-27-13-11-26(12-14-27)38-23-21-37(22-24-38)20-18-34-31(41)16-15-30-35-36-33-39(19-17-25-7-3-2-4-8-25)32(42)28-9-5-6-10-29(28)40(30)33/h2-4,7-8,11-14,28-29,33,36H,5-6,9-10,15-24H2,1H3,(H,34,41). The van der Waals surface area contributed by atoms with Gasteiger partial charge in [0.05, 0.1) is 13.0 Å². The van der Waals surface area contributed by atoms with Crippen LogP contribution in [0.15, 0.2) is 59.7 Å². The van der Waals surface area contributed by atoms with Gasteiger partial charge in [0.1, 0.15) is 11.6 Å². The van der Waals surface area contributed by atoms with Crippen molar-refractivity contribution in [2.45, 2.75) is 57.3 Å². The summed E-state index contributed by atoms with van der Waals surface area (Å²) in [5.74, 6) is 2.08. The minimum absolute atomic E-state index is 0.00452. The molecular weight excluding hydrogens is 542 g/mol. The zero-order chi connectivity index (χ0) is 29.6. The minimum Gasteiger partial charge on any atom is -0.497 e. The Hall–Kier alpha value is -3.79. The summed E-state index contributed by atoms with van der Waals surface area (Å²) in [6.07, 6.45) is 5.66. The minimum atomic E-state index is -0.259. The molecule has 1 saturated carbocycles. The van der Waals surface area contributed by atoms with Crippen molar-refractivity contribution in [2.75, 3.05) is 57.8 Å². The Bertz CT molecular complexity index is 1260. The summed E-state index contributed by atoms with van der Waals surface area (Å²) in [6, 6.07) is 18.7. The van der Waals surface area contributed by atoms with E-state index in [1.54, 1.807) is 7.11 Å². The number of hydrazone groups is 1. The molecule has 6 rings (SSSR count). The predicted molar refractivity (Wildman–Crippen MR) is 168 cm³/mol. The number of amides is 2. The lowest BCUT2D eigenvalue weighted by Crippen LogP contribution is -2.67. The van der Waals surface area contributed by atoms with Gasteiger partial charge in [-0.25, -0.2) is 0 Å². The highest BCUT2D eigenvalue weighted by Gasteiger charge is 2.50. The number of benzene rings is 2. The van der Waals surface area contributed by atoms with Crippen LogP contribution in [0.2, 0.25) is 0 Å². The summed E-state index contributed by atoms with van der Waals surface area (Å²) in [4.78, 5) is 35.5. The van der Waals surface area contributed by atoms with E-state index in [0.29, 0.717) is 25.9 Å². The van der Waals surface area contributed by atoms with Crippen LogP contribution in [-0.4, -0.2) is 97.6 Å². The SMILES string of the molecule is COc1ccc(N2CCN(CCNC(=O)CCC3=NNC4N(CCc5ccccc5)C(=O)C5CCCCC5N34)CC2)cc1. The van der Waals surface area contributed by atoms with Crippen molar-refractivity contribution >= 4 is 23.3 Å². The van der Waals surface area contributed by atoms with Gasteiger partial charge >= 0.3 is 0 Å². The molecule has 10 heteroatoms. The van der Waals surface area contributed by atoms with Crippen LogP contribution in [0.3, 0.4) is 0 Å². The molecule has 3 aliphatic heterocycles. The van der Waals surface area contributed by atoms with Crippen LogP contribution in [0.5, 0.6) is 5.75 Å². The van der Waals surface area contributed by atoms with Crippen molar-refractivity contribution in [3.8, 4) is 5.75 Å². The van der Waals surface area contributed by atoms with Crippen LogP contribution in [0.25, 0.3) is 0 Å². The summed E-state index contributed by atoms with van der Waals surface area (Å²) in [5.41, 5.74) is 5.70. The highest BCUT2D eigenvalue weighted by atomic mass is 16.5. The summed E-state index contributed by atoms with van der Waals surface area (Å²) >= 11 is 0. The Kier molecular flexibility index (Phi) is 9.31. The van der Waals surface area contributed by atoms with E-state index in [1.807, 2.05) is 35.2 Å². The van der Waals surface area contributed by atoms with Gasteiger partial charge in [-0.05, 0) is 49.1 Å². The van der Waals surface area contributed by atoms with Gasteiger partial charge in [-0.2, -0.15) is 5.10 Å². The lowest BCUT2D eigenvalue weighted by atomic mass is 9.80. The molecule has 2 saturated heterocycles. The predicted octanol–water partition coefficient (Wildman–Crippen LogP) is 2.86. The van der Waals surface area contributed by atoms with E-state index in [0.717, 1.165) is 76.4 Å². The third-order valence-electron chi connectivity index (χ3n) is 9.47. The van der Waals surface area contributed by atoms with Gasteiger partial charge in [-0.15, -0.1) is 0 Å². The van der Waals surface area contributed by atoms with Gasteiger partial charge in [0.25, 0.3) is 0 Å². The Morgan fingerprint density at radius 3 is 2.51 bits per heavy atom. The van der Waals surface area contributed by atoms with E-state index in [2.05, 4.69) is 54.8 Å². The Morgan fingerprint density at radius 1 is 0.977 bits per heavy atom. The molecule has 0 bridgehead atoms. The van der Waals surface area contributed by atoms with Gasteiger partial charge in [0.15, 0.2) is 6.29 Å². The van der Waals surface area contributed by atoms with Crippen LogP contribution in [0.1, 0.15) is 44.1 Å². The lowest BCUT2D eigenvalue weighted by molar-refractivity contribution is -0.155. The van der Waals surface area contributed by atoms with Gasteiger partial charge in [0, 0.05) is 70.4 Å². The third kappa shape index (κ3) is 6.74. The molecule has 2 aromatic carbocycles. The molecule has 2 aromatic rings. The first kappa shape index (κ1) is 29.3. The van der Waals surface area contributed by atoms with Gasteiger partial charge in [-0.1, -0.05) is 43.2 Å². The number of carbonyl (C=O) groups excluding carboxylic acids is 2. The smallest absolute Gasteiger partial charge is 0.230 e. The third-order valence-corrected chi connectivity index (χ3v) is 9.47. The topological polar surface area (TPSA) is 92.7 Å². The molecule has 43 heavy (non-hydrogen) atoms. The normalized spacial score (nSPS) is 23.7. The number of rotatable bonds is 11. The number of anilines is 1. The van der Waals surface area contributed by atoms with E-state index in [1.165, 1.54) is 11.3 Å². The summed E-state index contributed by atoms with van der Waals surface area (Å²) in [5, 5.41) is 7.80. The number of carbonyl (C=O) groups is 2. The molecule has 230 valence electrons. The van der Waals surface area contributed by atoms with E-state index in [9.17, 15) is 9.59 Å². The van der Waals surface area contributed by atoms with Crippen molar-refractivity contribution in [1.29, 1.82) is 0 Å². The lowest BCUT2D eigenvalue weighted by Gasteiger charge is -2.50. The van der Waals surface area contributed by atoms with Crippen molar-refractivity contribution in [3.05, 3.63) is 60.2 Å². The van der Waals surface area contributed by atoms with E-state index in [-0.39, 0.29) is 30.1 Å². The maximum absolute atomic E-state index is 13.6. The highest BCUT2D eigenvalue weighted by Crippen LogP contribution is 2.38. The molecule has 4 aliphatic rings. The number of ether oxygens (including phenoxy) is 1. The largest absolute Gasteiger partial charge is 0.497 e. The Labute approximate surface area is 255 Å². The molecule has 2 N–H and O–H groups in total. The second kappa shape index (κ2) is 13.7. The number of nitrogens with one attached hydrogen (secondary N) is 2. The fourth-order valence-corrected chi connectivity index (χ4v) is 7.05. The molecule has 3 atom stereocenters. The van der Waals surface area contributed by atoms with Gasteiger partial charge in [-0.3, -0.25) is 19.9 Å². The highest BCUT2D eigenvalue weighted by molar-refractivity contribution is 5.91. The van der Waals surface area contributed by atoms with Crippen molar-refractivity contribution in [1.82, 2.24) is 25.4 Å². The average Bonchev–Trinajstić information content (AvgIpc) is 3.48. The summed E-state index contributed by atoms with van der Waals surface area (Å²) in [7, 11) is 1.69. The summed E-state index contributed by atoms with van der Waals surface area (Å²) < 4.78 is 5.27. The second-order valence-electron chi connectivity index (χ2n) is 12.0. The molecule has 0 aromatic heterocycles. The van der Waals surface area contributed by atoms with E-state index in [4.69, 9.17) is 4.74 Å². The average molecular weight is 588 g/mol. The molecule has 3 unspecified atom stereocenters. The first-order valence-corrected chi connectivity index (χ1v) is 15.9. The number of piperazine rings is 1. The van der Waals surface area contributed by atoms with E-state index < -0.39 is 0 Å². The Balaban J connectivity index is 0.960. The van der Waals surface area contributed by atoms with Crippen LogP contribution >= 0.6 is 0 Å². The second-order valence-corrected chi connectivity index (χ2v) is 12.0. The number of fused-ring (bicyclic) bond motifs is 3. The molecule has 0 spiro atoms. The monoisotopic (exact) mass is 587 g/mol. The maximum Gasteiger partial charge on any atom is 0.230 e. The van der Waals surface area contributed by atoms with Gasteiger partial charge < -0.3 is 24.8 Å². The zero-order valence-corrected chi connectivity index (χ0v) is 25.3. The number of hydrogen-bond donors (Lipinski definition) is 2. The van der Waals surface area contributed by atoms with E-state index >= 15 is 0 Å². The first-order chi connectivity index (χ1) is 21.1. The number of methoxy groups -OCH3 is 1. The molecule has 0 radical (unpaired) electrons. The van der Waals surface area contributed by atoms with Gasteiger partial charge in [0.2, 0.25) is 11.8 Å². The van der Waals surface area contributed by atoms with Crippen molar-refractivity contribution in [2.24, 2.45) is 11.0 Å². The molecule has 1 aliphatic carbocycles. The quantitative estimate of drug-likeness (QED) is 0.418. The molecule has 3 heterocycles. The van der Waals surface area contributed by atoms with Crippen LogP contribution < -0.4 is 20.4 Å². The number of hydrogen-bond acceptors (Lipinski definition) is 8. The first-order valence-electron chi connectivity index (χ1n) is 15.9. The Morgan fingerprint density at radius 2 is 1.74 bits per heavy atom. The van der Waals surface area contributed by atoms with Crippen LogP contribution in [0.4, 0.5) is 5.69 Å². The number of nitrogens with zero attached hydrogens (tertiary/aromatic N) is 5.